The molecule has 0 aliphatic heterocycles. The van der Waals surface area contributed by atoms with E-state index in [0.29, 0.717) is 19.4 Å². The molecular weight excluding hydrogens is 432 g/mol. The number of nitrogens with zero attached hydrogens (tertiary/aromatic N) is 1. The highest BCUT2D eigenvalue weighted by Crippen LogP contribution is 2.44. The summed E-state index contributed by atoms with van der Waals surface area (Å²) in [6, 6.07) is 15.6. The van der Waals surface area contributed by atoms with Crippen LogP contribution in [0.25, 0.3) is 11.1 Å². The summed E-state index contributed by atoms with van der Waals surface area (Å²) in [5.41, 5.74) is 4.72. The van der Waals surface area contributed by atoms with E-state index in [1.54, 1.807) is 6.92 Å². The molecule has 180 valence electrons. The number of carboxylic acid groups (broad SMARTS) is 1. The van der Waals surface area contributed by atoms with Crippen molar-refractivity contribution >= 4 is 18.0 Å². The van der Waals surface area contributed by atoms with Crippen LogP contribution in [0.1, 0.15) is 56.6 Å². The Bertz CT molecular complexity index is 1020. The lowest BCUT2D eigenvalue weighted by molar-refractivity contribution is -0.149. The summed E-state index contributed by atoms with van der Waals surface area (Å²) in [4.78, 5) is 37.8. The molecule has 2 aliphatic carbocycles. The minimum absolute atomic E-state index is 0.0170. The first kappa shape index (κ1) is 23.8. The maximum atomic E-state index is 12.6. The number of carbonyl (C=O) groups excluding carboxylic acids is 2. The summed E-state index contributed by atoms with van der Waals surface area (Å²) in [6.07, 6.45) is 2.15. The van der Waals surface area contributed by atoms with Gasteiger partial charge in [0.05, 0.1) is 0 Å². The molecule has 2 aromatic rings. The number of hydrogen-bond donors (Lipinski definition) is 2. The Kier molecular flexibility index (Phi) is 7.20. The summed E-state index contributed by atoms with van der Waals surface area (Å²) < 4.78 is 5.64. The number of nitrogens with one attached hydrogen (secondary N) is 1. The first-order chi connectivity index (χ1) is 16.4. The van der Waals surface area contributed by atoms with Crippen molar-refractivity contribution in [2.75, 3.05) is 13.2 Å². The van der Waals surface area contributed by atoms with Gasteiger partial charge in [-0.05, 0) is 61.3 Å². The van der Waals surface area contributed by atoms with E-state index in [4.69, 9.17) is 4.74 Å². The lowest BCUT2D eigenvalue weighted by atomic mass is 9.98. The quantitative estimate of drug-likeness (QED) is 0.604. The van der Waals surface area contributed by atoms with Gasteiger partial charge in [-0.25, -0.2) is 9.59 Å². The van der Waals surface area contributed by atoms with Crippen molar-refractivity contribution < 1.29 is 24.2 Å². The number of amides is 2. The Morgan fingerprint density at radius 3 is 2.26 bits per heavy atom. The Labute approximate surface area is 200 Å². The number of ether oxygens (including phenoxy) is 1. The highest BCUT2D eigenvalue weighted by Gasteiger charge is 2.32. The molecule has 34 heavy (non-hydrogen) atoms. The number of rotatable bonds is 8. The third-order valence-corrected chi connectivity index (χ3v) is 7.16. The van der Waals surface area contributed by atoms with E-state index in [0.717, 1.165) is 12.8 Å². The molecular formula is C27H32N2O5. The zero-order valence-corrected chi connectivity index (χ0v) is 19.7. The van der Waals surface area contributed by atoms with Crippen LogP contribution in [-0.2, 0) is 14.3 Å². The SMILES string of the molecule is CCN(C(=O)C[C@@H]1CC[C@H](NC(=O)OCC2c3ccccc3-c3ccccc32)C1)C(C)C(=O)O. The third kappa shape index (κ3) is 4.93. The van der Waals surface area contributed by atoms with Crippen molar-refractivity contribution in [2.24, 2.45) is 5.92 Å². The summed E-state index contributed by atoms with van der Waals surface area (Å²) in [6.45, 7) is 3.95. The van der Waals surface area contributed by atoms with Gasteiger partial charge in [0.25, 0.3) is 0 Å². The molecule has 0 radical (unpaired) electrons. The van der Waals surface area contributed by atoms with Crippen molar-refractivity contribution in [3.05, 3.63) is 59.7 Å². The summed E-state index contributed by atoms with van der Waals surface area (Å²) >= 11 is 0. The van der Waals surface area contributed by atoms with Gasteiger partial charge in [0, 0.05) is 24.9 Å². The molecule has 0 bridgehead atoms. The molecule has 4 rings (SSSR count). The van der Waals surface area contributed by atoms with Crippen LogP contribution in [0.4, 0.5) is 4.79 Å². The van der Waals surface area contributed by atoms with E-state index in [9.17, 15) is 19.5 Å². The number of carboxylic acids is 1. The minimum Gasteiger partial charge on any atom is -0.480 e. The number of alkyl carbamates (subject to hydrolysis) is 1. The maximum Gasteiger partial charge on any atom is 0.407 e. The highest BCUT2D eigenvalue weighted by atomic mass is 16.5. The smallest absolute Gasteiger partial charge is 0.407 e. The molecule has 0 heterocycles. The van der Waals surface area contributed by atoms with Gasteiger partial charge in [-0.2, -0.15) is 0 Å². The third-order valence-electron chi connectivity index (χ3n) is 7.16. The zero-order chi connectivity index (χ0) is 24.2. The average Bonchev–Trinajstić information content (AvgIpc) is 3.39. The van der Waals surface area contributed by atoms with Crippen LogP contribution in [0.15, 0.2) is 48.5 Å². The number of fused-ring (bicyclic) bond motifs is 3. The lowest BCUT2D eigenvalue weighted by Gasteiger charge is -2.26. The van der Waals surface area contributed by atoms with E-state index < -0.39 is 18.1 Å². The molecule has 2 N–H and O–H groups in total. The fourth-order valence-electron chi connectivity index (χ4n) is 5.36. The predicted molar refractivity (Wildman–Crippen MR) is 128 cm³/mol. The second-order valence-corrected chi connectivity index (χ2v) is 9.24. The standard InChI is InChI=1S/C27H32N2O5/c1-3-29(17(2)26(31)32)25(30)15-18-12-13-19(14-18)28-27(33)34-16-24-22-10-6-4-8-20(22)21-9-5-7-11-23(21)24/h4-11,17-19,24H,3,12-16H2,1-2H3,(H,28,33)(H,31,32)/t17?,18-,19+/m1/s1. The second-order valence-electron chi connectivity index (χ2n) is 9.24. The monoisotopic (exact) mass is 464 g/mol. The minimum atomic E-state index is -1.00. The predicted octanol–water partition coefficient (Wildman–Crippen LogP) is 4.41. The van der Waals surface area contributed by atoms with Crippen LogP contribution in [-0.4, -0.2) is 53.2 Å². The number of aliphatic carboxylic acids is 1. The summed E-state index contributed by atoms with van der Waals surface area (Å²) in [7, 11) is 0. The Balaban J connectivity index is 1.28. The van der Waals surface area contributed by atoms with Crippen LogP contribution in [0.2, 0.25) is 0 Å². The van der Waals surface area contributed by atoms with E-state index in [1.165, 1.54) is 34.1 Å². The summed E-state index contributed by atoms with van der Waals surface area (Å²) in [5.74, 6) is -1.01. The van der Waals surface area contributed by atoms with Crippen molar-refractivity contribution in [3.8, 4) is 11.1 Å². The van der Waals surface area contributed by atoms with E-state index in [-0.39, 0.29) is 30.4 Å². The maximum absolute atomic E-state index is 12.6. The highest BCUT2D eigenvalue weighted by molar-refractivity contribution is 5.83. The Morgan fingerprint density at radius 1 is 1.06 bits per heavy atom. The van der Waals surface area contributed by atoms with Crippen LogP contribution in [0.5, 0.6) is 0 Å². The van der Waals surface area contributed by atoms with Crippen LogP contribution in [0.3, 0.4) is 0 Å². The molecule has 7 nitrogen and oxygen atoms in total. The van der Waals surface area contributed by atoms with Crippen LogP contribution in [0, 0.1) is 5.92 Å². The number of carbonyl (C=O) groups is 3. The molecule has 1 saturated carbocycles. The zero-order valence-electron chi connectivity index (χ0n) is 19.7. The van der Waals surface area contributed by atoms with Gasteiger partial charge in [0.2, 0.25) is 5.91 Å². The molecule has 0 spiro atoms. The lowest BCUT2D eigenvalue weighted by Crippen LogP contribution is -2.43. The van der Waals surface area contributed by atoms with Gasteiger partial charge >= 0.3 is 12.1 Å². The first-order valence-corrected chi connectivity index (χ1v) is 12.0. The fraction of sp³-hybridized carbons (Fsp3) is 0.444. The first-order valence-electron chi connectivity index (χ1n) is 12.0. The number of hydrogen-bond acceptors (Lipinski definition) is 4. The largest absolute Gasteiger partial charge is 0.480 e. The van der Waals surface area contributed by atoms with E-state index in [2.05, 4.69) is 29.6 Å². The second kappa shape index (κ2) is 10.3. The van der Waals surface area contributed by atoms with Crippen molar-refractivity contribution in [1.82, 2.24) is 10.2 Å². The van der Waals surface area contributed by atoms with E-state index >= 15 is 0 Å². The van der Waals surface area contributed by atoms with Crippen molar-refractivity contribution in [3.63, 3.8) is 0 Å². The van der Waals surface area contributed by atoms with Crippen molar-refractivity contribution in [2.45, 2.75) is 57.5 Å². The molecule has 2 amide bonds. The van der Waals surface area contributed by atoms with Gasteiger partial charge < -0.3 is 20.1 Å². The van der Waals surface area contributed by atoms with Gasteiger partial charge in [-0.3, -0.25) is 4.79 Å². The van der Waals surface area contributed by atoms with Crippen LogP contribution < -0.4 is 5.32 Å². The molecule has 2 aliphatic rings. The van der Waals surface area contributed by atoms with Crippen LogP contribution >= 0.6 is 0 Å². The molecule has 0 aromatic heterocycles. The van der Waals surface area contributed by atoms with Gasteiger partial charge in [0.15, 0.2) is 0 Å². The molecule has 3 atom stereocenters. The molecule has 0 saturated heterocycles. The van der Waals surface area contributed by atoms with Gasteiger partial charge in [-0.15, -0.1) is 0 Å². The van der Waals surface area contributed by atoms with Gasteiger partial charge in [0.1, 0.15) is 12.6 Å². The number of benzene rings is 2. The molecule has 1 fully saturated rings. The fourth-order valence-corrected chi connectivity index (χ4v) is 5.36. The number of likely N-dealkylation sites (N-methyl/N-ethyl adjacent to an activating group) is 1. The molecule has 2 aromatic carbocycles. The summed E-state index contributed by atoms with van der Waals surface area (Å²) in [5, 5.41) is 12.2. The average molecular weight is 465 g/mol. The molecule has 1 unspecified atom stereocenters. The van der Waals surface area contributed by atoms with Gasteiger partial charge in [-0.1, -0.05) is 48.5 Å². The topological polar surface area (TPSA) is 95.9 Å². The van der Waals surface area contributed by atoms with Crippen molar-refractivity contribution in [1.29, 1.82) is 0 Å². The Hall–Kier alpha value is -3.35. The Morgan fingerprint density at radius 2 is 1.68 bits per heavy atom. The normalized spacial score (nSPS) is 19.7. The molecule has 7 heteroatoms. The van der Waals surface area contributed by atoms with E-state index in [1.807, 2.05) is 24.3 Å².